The van der Waals surface area contributed by atoms with Gasteiger partial charge in [0.05, 0.1) is 18.3 Å². The average Bonchev–Trinajstić information content (AvgIpc) is 2.25. The van der Waals surface area contributed by atoms with Crippen molar-refractivity contribution in [2.24, 2.45) is 11.8 Å². The predicted molar refractivity (Wildman–Crippen MR) is 45.3 cm³/mol. The van der Waals surface area contributed by atoms with E-state index < -0.39 is 0 Å². The van der Waals surface area contributed by atoms with Crippen molar-refractivity contribution in [3.05, 3.63) is 0 Å². The van der Waals surface area contributed by atoms with E-state index in [1.165, 1.54) is 0 Å². The van der Waals surface area contributed by atoms with Crippen molar-refractivity contribution in [3.63, 3.8) is 0 Å². The summed E-state index contributed by atoms with van der Waals surface area (Å²) in [6, 6.07) is 0. The standard InChI is InChI=1S/C10H14O3/c1-4-8-5(2)10-7(12-8)3-6(11)9(4)13-10/h4-5,7-10H,3H2,1-2H3/t4-,5+,7-,8+,9+,10-/m1/s1. The zero-order valence-electron chi connectivity index (χ0n) is 7.90. The van der Waals surface area contributed by atoms with Crippen molar-refractivity contribution >= 4 is 5.78 Å². The van der Waals surface area contributed by atoms with Crippen LogP contribution >= 0.6 is 0 Å². The van der Waals surface area contributed by atoms with E-state index >= 15 is 0 Å². The molecule has 3 saturated heterocycles. The number of Topliss-reactive ketones (excluding diaryl/α,β-unsaturated/α-hetero) is 1. The summed E-state index contributed by atoms with van der Waals surface area (Å²) in [7, 11) is 0. The molecule has 72 valence electrons. The highest BCUT2D eigenvalue weighted by molar-refractivity contribution is 5.85. The van der Waals surface area contributed by atoms with E-state index in [1.54, 1.807) is 0 Å². The van der Waals surface area contributed by atoms with Crippen LogP contribution in [0.15, 0.2) is 0 Å². The molecule has 0 aromatic rings. The number of ketones is 1. The Balaban J connectivity index is 2.02. The highest BCUT2D eigenvalue weighted by Crippen LogP contribution is 2.46. The molecule has 0 aliphatic carbocycles. The number of carbonyl (C=O) groups excluding carboxylic acids is 1. The Morgan fingerprint density at radius 2 is 1.92 bits per heavy atom. The number of ether oxygens (including phenoxy) is 2. The third-order valence-corrected chi connectivity index (χ3v) is 3.75. The van der Waals surface area contributed by atoms with E-state index in [9.17, 15) is 4.79 Å². The third-order valence-electron chi connectivity index (χ3n) is 3.75. The summed E-state index contributed by atoms with van der Waals surface area (Å²) in [5, 5.41) is 0. The lowest BCUT2D eigenvalue weighted by Gasteiger charge is -2.39. The van der Waals surface area contributed by atoms with E-state index in [1.807, 2.05) is 0 Å². The van der Waals surface area contributed by atoms with Gasteiger partial charge < -0.3 is 9.47 Å². The first kappa shape index (κ1) is 7.94. The third kappa shape index (κ3) is 0.842. The lowest BCUT2D eigenvalue weighted by molar-refractivity contribution is -0.158. The van der Waals surface area contributed by atoms with Gasteiger partial charge in [-0.3, -0.25) is 4.79 Å². The number of hydrogen-bond donors (Lipinski definition) is 0. The summed E-state index contributed by atoms with van der Waals surface area (Å²) < 4.78 is 11.6. The molecule has 0 aromatic carbocycles. The summed E-state index contributed by atoms with van der Waals surface area (Å²) >= 11 is 0. The summed E-state index contributed by atoms with van der Waals surface area (Å²) in [6.07, 6.45) is 0.878. The average molecular weight is 182 g/mol. The second-order valence-corrected chi connectivity index (χ2v) is 4.55. The van der Waals surface area contributed by atoms with E-state index in [2.05, 4.69) is 13.8 Å². The molecule has 3 fully saturated rings. The number of rotatable bonds is 0. The number of fused-ring (bicyclic) bond motifs is 2. The minimum absolute atomic E-state index is 0.0497. The molecule has 0 spiro atoms. The molecule has 3 aliphatic heterocycles. The van der Waals surface area contributed by atoms with E-state index in [0.717, 1.165) is 0 Å². The van der Waals surface area contributed by atoms with Crippen LogP contribution in [0, 0.1) is 11.8 Å². The molecule has 0 N–H and O–H groups in total. The highest BCUT2D eigenvalue weighted by Gasteiger charge is 2.57. The fourth-order valence-electron chi connectivity index (χ4n) is 3.06. The molecule has 3 aliphatic rings. The van der Waals surface area contributed by atoms with Crippen molar-refractivity contribution in [2.45, 2.75) is 44.7 Å². The van der Waals surface area contributed by atoms with Crippen LogP contribution < -0.4 is 0 Å². The topological polar surface area (TPSA) is 35.5 Å². The highest BCUT2D eigenvalue weighted by atomic mass is 16.6. The SMILES string of the molecule is C[C@@H]1[C@@H]2O[C@@H]3CC(=O)[C@H]1O[C@@H]3[C@H]2C. The van der Waals surface area contributed by atoms with Crippen LogP contribution in [0.2, 0.25) is 0 Å². The van der Waals surface area contributed by atoms with Gasteiger partial charge in [-0.1, -0.05) is 13.8 Å². The van der Waals surface area contributed by atoms with Crippen LogP contribution in [0.25, 0.3) is 0 Å². The Hall–Kier alpha value is -0.410. The Bertz CT molecular complexity index is 263. The molecule has 3 heterocycles. The Morgan fingerprint density at radius 1 is 1.15 bits per heavy atom. The first-order chi connectivity index (χ1) is 6.18. The maximum atomic E-state index is 11.6. The first-order valence-electron chi connectivity index (χ1n) is 5.02. The van der Waals surface area contributed by atoms with Gasteiger partial charge in [0.2, 0.25) is 0 Å². The van der Waals surface area contributed by atoms with Crippen molar-refractivity contribution < 1.29 is 14.3 Å². The number of carbonyl (C=O) groups is 1. The molecule has 3 nitrogen and oxygen atoms in total. The van der Waals surface area contributed by atoms with Crippen LogP contribution in [0.1, 0.15) is 20.3 Å². The fourth-order valence-corrected chi connectivity index (χ4v) is 3.06. The maximum Gasteiger partial charge on any atom is 0.164 e. The van der Waals surface area contributed by atoms with Gasteiger partial charge in [0.25, 0.3) is 0 Å². The molecule has 3 rings (SSSR count). The minimum atomic E-state index is -0.176. The Morgan fingerprint density at radius 3 is 2.69 bits per heavy atom. The maximum absolute atomic E-state index is 11.6. The van der Waals surface area contributed by atoms with Crippen LogP contribution in [0.5, 0.6) is 0 Å². The summed E-state index contributed by atoms with van der Waals surface area (Å²) in [5.41, 5.74) is 0. The van der Waals surface area contributed by atoms with Crippen molar-refractivity contribution in [2.75, 3.05) is 0 Å². The Labute approximate surface area is 77.4 Å². The van der Waals surface area contributed by atoms with Crippen LogP contribution in [-0.4, -0.2) is 30.2 Å². The lowest BCUT2D eigenvalue weighted by atomic mass is 9.78. The summed E-state index contributed by atoms with van der Waals surface area (Å²) in [5.74, 6) is 0.943. The van der Waals surface area contributed by atoms with Gasteiger partial charge >= 0.3 is 0 Å². The van der Waals surface area contributed by atoms with Gasteiger partial charge in [-0.2, -0.15) is 0 Å². The molecule has 13 heavy (non-hydrogen) atoms. The van der Waals surface area contributed by atoms with Crippen LogP contribution in [0.4, 0.5) is 0 Å². The van der Waals surface area contributed by atoms with Gasteiger partial charge in [-0.25, -0.2) is 0 Å². The lowest BCUT2D eigenvalue weighted by Crippen LogP contribution is -2.52. The molecule has 0 saturated carbocycles. The predicted octanol–water partition coefficient (Wildman–Crippen LogP) is 0.766. The van der Waals surface area contributed by atoms with E-state index in [0.29, 0.717) is 12.3 Å². The second-order valence-electron chi connectivity index (χ2n) is 4.55. The zero-order chi connectivity index (χ0) is 9.16. The molecule has 3 bridgehead atoms. The molecule has 0 unspecified atom stereocenters. The molecular weight excluding hydrogens is 168 g/mol. The molecule has 6 atom stereocenters. The molecule has 0 radical (unpaired) electrons. The molecule has 0 aromatic heterocycles. The second kappa shape index (κ2) is 2.34. The minimum Gasteiger partial charge on any atom is -0.371 e. The van der Waals surface area contributed by atoms with Gasteiger partial charge in [0, 0.05) is 18.3 Å². The molecule has 3 heteroatoms. The fraction of sp³-hybridized carbons (Fsp3) is 0.900. The smallest absolute Gasteiger partial charge is 0.164 e. The van der Waals surface area contributed by atoms with E-state index in [-0.39, 0.29) is 36.1 Å². The van der Waals surface area contributed by atoms with Crippen molar-refractivity contribution in [1.29, 1.82) is 0 Å². The Kier molecular flexibility index (Phi) is 1.43. The summed E-state index contributed by atoms with van der Waals surface area (Å²) in [4.78, 5) is 11.6. The number of hydrogen-bond acceptors (Lipinski definition) is 3. The quantitative estimate of drug-likeness (QED) is 0.555. The van der Waals surface area contributed by atoms with Gasteiger partial charge in [0.15, 0.2) is 5.78 Å². The van der Waals surface area contributed by atoms with Gasteiger partial charge in [-0.15, -0.1) is 0 Å². The zero-order valence-corrected chi connectivity index (χ0v) is 7.90. The van der Waals surface area contributed by atoms with Gasteiger partial charge in [0.1, 0.15) is 6.10 Å². The molecule has 0 amide bonds. The van der Waals surface area contributed by atoms with Crippen molar-refractivity contribution in [3.8, 4) is 0 Å². The molecular formula is C10H14O3. The monoisotopic (exact) mass is 182 g/mol. The first-order valence-corrected chi connectivity index (χ1v) is 5.02. The van der Waals surface area contributed by atoms with Crippen LogP contribution in [-0.2, 0) is 14.3 Å². The van der Waals surface area contributed by atoms with E-state index in [4.69, 9.17) is 9.47 Å². The van der Waals surface area contributed by atoms with Gasteiger partial charge in [-0.05, 0) is 0 Å². The summed E-state index contributed by atoms with van der Waals surface area (Å²) in [6.45, 7) is 4.23. The normalized spacial score (nSPS) is 58.8. The van der Waals surface area contributed by atoms with Crippen LogP contribution in [0.3, 0.4) is 0 Å². The largest absolute Gasteiger partial charge is 0.371 e. The van der Waals surface area contributed by atoms with Crippen molar-refractivity contribution in [1.82, 2.24) is 0 Å².